The van der Waals surface area contributed by atoms with Gasteiger partial charge in [0.1, 0.15) is 0 Å². The normalized spacial score (nSPS) is 24.6. The third-order valence-electron chi connectivity index (χ3n) is 3.32. The molecule has 0 radical (unpaired) electrons. The van der Waals surface area contributed by atoms with Gasteiger partial charge in [0, 0.05) is 21.1 Å². The highest BCUT2D eigenvalue weighted by molar-refractivity contribution is 4.73. The number of hydrogen-bond acceptors (Lipinski definition) is 3. The largest absolute Gasteiger partial charge is 0.374 e. The van der Waals surface area contributed by atoms with Crippen LogP contribution in [0.5, 0.6) is 0 Å². The maximum Gasteiger partial charge on any atom is 0.0826 e. The molecule has 1 aliphatic heterocycles. The molecule has 0 aliphatic carbocycles. The van der Waals surface area contributed by atoms with Gasteiger partial charge in [-0.05, 0) is 25.4 Å². The molecule has 0 aromatic heterocycles. The summed E-state index contributed by atoms with van der Waals surface area (Å²) in [6, 6.07) is 0. The quantitative estimate of drug-likeness (QED) is 0.724. The molecule has 0 spiro atoms. The van der Waals surface area contributed by atoms with Gasteiger partial charge >= 0.3 is 0 Å². The summed E-state index contributed by atoms with van der Waals surface area (Å²) < 4.78 is 5.77. The van der Waals surface area contributed by atoms with Crippen molar-refractivity contribution in [1.29, 1.82) is 0 Å². The lowest BCUT2D eigenvalue weighted by Gasteiger charge is -2.33. The monoisotopic (exact) mass is 230 g/mol. The minimum Gasteiger partial charge on any atom is -0.374 e. The lowest BCUT2D eigenvalue weighted by Crippen LogP contribution is -2.47. The van der Waals surface area contributed by atoms with E-state index in [2.05, 4.69) is 31.0 Å². The number of ether oxygens (including phenoxy) is 1. The summed E-state index contributed by atoms with van der Waals surface area (Å²) in [4.78, 5) is 2.51. The fourth-order valence-electron chi connectivity index (χ4n) is 2.06. The highest BCUT2D eigenvalue weighted by Crippen LogP contribution is 2.05. The molecule has 0 aromatic carbocycles. The zero-order chi connectivity index (χ0) is 11.8. The van der Waals surface area contributed by atoms with E-state index in [0.717, 1.165) is 38.7 Å². The highest BCUT2D eigenvalue weighted by Gasteiger charge is 2.19. The third kappa shape index (κ3) is 5.28. The van der Waals surface area contributed by atoms with Gasteiger partial charge in [-0.1, -0.05) is 27.2 Å². The van der Waals surface area contributed by atoms with Crippen LogP contribution in [-0.4, -0.2) is 50.3 Å². The SMILES string of the molecule is CCCN1CCOC(CNCC(C)CC)C1.[HH]. The van der Waals surface area contributed by atoms with Crippen LogP contribution in [0.4, 0.5) is 0 Å². The van der Waals surface area contributed by atoms with Gasteiger partial charge in [-0.15, -0.1) is 0 Å². The molecule has 1 N–H and O–H groups in total. The Labute approximate surface area is 102 Å². The highest BCUT2D eigenvalue weighted by atomic mass is 16.5. The number of morpholine rings is 1. The van der Waals surface area contributed by atoms with Crippen LogP contribution in [-0.2, 0) is 4.74 Å². The summed E-state index contributed by atoms with van der Waals surface area (Å²) in [5.41, 5.74) is 0. The first-order valence-electron chi connectivity index (χ1n) is 6.80. The molecule has 1 rings (SSSR count). The molecule has 2 unspecified atom stereocenters. The van der Waals surface area contributed by atoms with Crippen molar-refractivity contribution in [3.05, 3.63) is 0 Å². The van der Waals surface area contributed by atoms with Crippen LogP contribution in [0.3, 0.4) is 0 Å². The molecule has 1 saturated heterocycles. The van der Waals surface area contributed by atoms with Crippen molar-refractivity contribution in [3.63, 3.8) is 0 Å². The minimum absolute atomic E-state index is 0. The van der Waals surface area contributed by atoms with Gasteiger partial charge in [-0.3, -0.25) is 4.90 Å². The molecular formula is C13H30N2O. The van der Waals surface area contributed by atoms with E-state index in [-0.39, 0.29) is 1.43 Å². The van der Waals surface area contributed by atoms with Gasteiger partial charge in [0.2, 0.25) is 0 Å². The fourth-order valence-corrected chi connectivity index (χ4v) is 2.06. The molecule has 0 aromatic rings. The second kappa shape index (κ2) is 8.04. The molecule has 2 atom stereocenters. The molecular weight excluding hydrogens is 200 g/mol. The number of hydrogen-bond donors (Lipinski definition) is 1. The molecule has 0 saturated carbocycles. The van der Waals surface area contributed by atoms with Gasteiger partial charge < -0.3 is 10.1 Å². The van der Waals surface area contributed by atoms with Gasteiger partial charge in [0.05, 0.1) is 12.7 Å². The molecule has 3 heteroatoms. The third-order valence-corrected chi connectivity index (χ3v) is 3.32. The second-order valence-electron chi connectivity index (χ2n) is 4.97. The molecule has 98 valence electrons. The number of nitrogens with zero attached hydrogens (tertiary/aromatic N) is 1. The van der Waals surface area contributed by atoms with Crippen molar-refractivity contribution in [2.24, 2.45) is 5.92 Å². The van der Waals surface area contributed by atoms with E-state index in [0.29, 0.717) is 6.10 Å². The Hall–Kier alpha value is -0.120. The first kappa shape index (κ1) is 13.9. The first-order chi connectivity index (χ1) is 7.76. The van der Waals surface area contributed by atoms with Gasteiger partial charge in [-0.2, -0.15) is 0 Å². The second-order valence-corrected chi connectivity index (χ2v) is 4.97. The molecule has 0 bridgehead atoms. The van der Waals surface area contributed by atoms with Crippen LogP contribution in [0.2, 0.25) is 0 Å². The summed E-state index contributed by atoms with van der Waals surface area (Å²) in [7, 11) is 0. The lowest BCUT2D eigenvalue weighted by molar-refractivity contribution is -0.0271. The average Bonchev–Trinajstić information content (AvgIpc) is 2.30. The zero-order valence-electron chi connectivity index (χ0n) is 11.2. The summed E-state index contributed by atoms with van der Waals surface area (Å²) in [5.74, 6) is 0.773. The standard InChI is InChI=1S/C13H28N2O.H2/c1-4-6-15-7-8-16-13(11-15)10-14-9-12(3)5-2;/h12-14H,4-11H2,1-3H3;1H. The Kier molecular flexibility index (Phi) is 7.01. The van der Waals surface area contributed by atoms with Crippen molar-refractivity contribution >= 4 is 0 Å². The molecule has 1 heterocycles. The van der Waals surface area contributed by atoms with Crippen molar-refractivity contribution in [3.8, 4) is 0 Å². The fraction of sp³-hybridized carbons (Fsp3) is 1.00. The Morgan fingerprint density at radius 1 is 1.50 bits per heavy atom. The summed E-state index contributed by atoms with van der Waals surface area (Å²) in [6.07, 6.45) is 2.89. The summed E-state index contributed by atoms with van der Waals surface area (Å²) >= 11 is 0. The van der Waals surface area contributed by atoms with E-state index in [1.807, 2.05) is 0 Å². The Morgan fingerprint density at radius 2 is 2.31 bits per heavy atom. The minimum atomic E-state index is 0. The van der Waals surface area contributed by atoms with E-state index in [4.69, 9.17) is 4.74 Å². The maximum absolute atomic E-state index is 5.77. The zero-order valence-corrected chi connectivity index (χ0v) is 11.2. The van der Waals surface area contributed by atoms with Gasteiger partial charge in [-0.25, -0.2) is 0 Å². The van der Waals surface area contributed by atoms with Crippen LogP contribution in [0.25, 0.3) is 0 Å². The van der Waals surface area contributed by atoms with Crippen LogP contribution in [0.1, 0.15) is 35.0 Å². The van der Waals surface area contributed by atoms with Gasteiger partial charge in [0.15, 0.2) is 0 Å². The van der Waals surface area contributed by atoms with Crippen LogP contribution >= 0.6 is 0 Å². The van der Waals surface area contributed by atoms with Crippen LogP contribution in [0.15, 0.2) is 0 Å². The predicted octanol–water partition coefficient (Wildman–Crippen LogP) is 1.98. The van der Waals surface area contributed by atoms with E-state index in [1.54, 1.807) is 0 Å². The molecule has 0 amide bonds. The van der Waals surface area contributed by atoms with Crippen molar-refractivity contribution in [2.45, 2.75) is 39.7 Å². The van der Waals surface area contributed by atoms with E-state index in [9.17, 15) is 0 Å². The molecule has 16 heavy (non-hydrogen) atoms. The van der Waals surface area contributed by atoms with Crippen LogP contribution < -0.4 is 5.32 Å². The molecule has 3 nitrogen and oxygen atoms in total. The van der Waals surface area contributed by atoms with Crippen molar-refractivity contribution in [2.75, 3.05) is 39.3 Å². The Balaban J connectivity index is 0.00000256. The summed E-state index contributed by atoms with van der Waals surface area (Å²) in [6.45, 7) is 13.2. The number of nitrogens with one attached hydrogen (secondary N) is 1. The summed E-state index contributed by atoms with van der Waals surface area (Å²) in [5, 5.41) is 3.52. The van der Waals surface area contributed by atoms with Gasteiger partial charge in [0.25, 0.3) is 0 Å². The topological polar surface area (TPSA) is 24.5 Å². The number of rotatable bonds is 7. The van der Waals surface area contributed by atoms with E-state index >= 15 is 0 Å². The first-order valence-corrected chi connectivity index (χ1v) is 6.80. The smallest absolute Gasteiger partial charge is 0.0826 e. The van der Waals surface area contributed by atoms with Crippen LogP contribution in [0, 0.1) is 5.92 Å². The average molecular weight is 230 g/mol. The Morgan fingerprint density at radius 3 is 3.00 bits per heavy atom. The lowest BCUT2D eigenvalue weighted by atomic mass is 10.1. The maximum atomic E-state index is 5.77. The van der Waals surface area contributed by atoms with Crippen molar-refractivity contribution < 1.29 is 6.16 Å². The van der Waals surface area contributed by atoms with E-state index in [1.165, 1.54) is 19.4 Å². The Bertz CT molecular complexity index is 179. The molecule has 1 aliphatic rings. The predicted molar refractivity (Wildman–Crippen MR) is 70.9 cm³/mol. The van der Waals surface area contributed by atoms with E-state index < -0.39 is 0 Å². The molecule has 1 fully saturated rings. The van der Waals surface area contributed by atoms with Crippen molar-refractivity contribution in [1.82, 2.24) is 10.2 Å².